The minimum Gasteiger partial charge on any atom is -0.323 e. The van der Waals surface area contributed by atoms with Crippen LogP contribution in [0.15, 0.2) is 42.9 Å². The highest BCUT2D eigenvalue weighted by molar-refractivity contribution is 5.83. The number of aromatic nitrogens is 6. The van der Waals surface area contributed by atoms with Gasteiger partial charge in [-0.1, -0.05) is 13.8 Å². The standard InChI is InChI=1S/C20H21N7/c1-12(2)14-7-20(26-21-9-14)25-19-6-5-17-18(24-19)8-16(13(3)23-17)15-10-22-27(4)11-15/h5-12H,1-4H3,(H,24,25,26). The van der Waals surface area contributed by atoms with E-state index in [9.17, 15) is 0 Å². The summed E-state index contributed by atoms with van der Waals surface area (Å²) in [6.45, 7) is 6.26. The SMILES string of the molecule is Cc1nc2ccc(Nc3cc(C(C)C)cnn3)nc2cc1-c1cnn(C)c1. The van der Waals surface area contributed by atoms with Crippen molar-refractivity contribution in [3.05, 3.63) is 54.1 Å². The molecule has 0 bridgehead atoms. The number of pyridine rings is 2. The molecule has 0 radical (unpaired) electrons. The molecule has 0 amide bonds. The molecule has 4 rings (SSSR count). The van der Waals surface area contributed by atoms with Crippen molar-refractivity contribution in [1.29, 1.82) is 0 Å². The molecule has 7 heteroatoms. The first kappa shape index (κ1) is 17.1. The van der Waals surface area contributed by atoms with Crippen LogP contribution in [-0.4, -0.2) is 29.9 Å². The van der Waals surface area contributed by atoms with Crippen molar-refractivity contribution in [3.63, 3.8) is 0 Å². The van der Waals surface area contributed by atoms with Crippen molar-refractivity contribution in [2.24, 2.45) is 7.05 Å². The van der Waals surface area contributed by atoms with Crippen LogP contribution >= 0.6 is 0 Å². The van der Waals surface area contributed by atoms with Gasteiger partial charge in [-0.15, -0.1) is 5.10 Å². The van der Waals surface area contributed by atoms with Crippen LogP contribution in [0, 0.1) is 6.92 Å². The Morgan fingerprint density at radius 1 is 1.00 bits per heavy atom. The van der Waals surface area contributed by atoms with Gasteiger partial charge in [0.2, 0.25) is 0 Å². The van der Waals surface area contributed by atoms with Crippen molar-refractivity contribution in [1.82, 2.24) is 29.9 Å². The first-order valence-corrected chi connectivity index (χ1v) is 8.86. The van der Waals surface area contributed by atoms with Crippen LogP contribution < -0.4 is 5.32 Å². The van der Waals surface area contributed by atoms with Crippen LogP contribution in [0.5, 0.6) is 0 Å². The lowest BCUT2D eigenvalue weighted by Crippen LogP contribution is -2.00. The summed E-state index contributed by atoms with van der Waals surface area (Å²) in [5.74, 6) is 1.78. The van der Waals surface area contributed by atoms with E-state index in [2.05, 4.69) is 40.5 Å². The summed E-state index contributed by atoms with van der Waals surface area (Å²) in [6, 6.07) is 7.92. The van der Waals surface area contributed by atoms with E-state index >= 15 is 0 Å². The number of hydrogen-bond acceptors (Lipinski definition) is 6. The van der Waals surface area contributed by atoms with Crippen LogP contribution in [0.2, 0.25) is 0 Å². The molecule has 0 aliphatic rings. The molecule has 0 aromatic carbocycles. The number of nitrogens with one attached hydrogen (secondary N) is 1. The van der Waals surface area contributed by atoms with Gasteiger partial charge in [-0.2, -0.15) is 10.2 Å². The average Bonchev–Trinajstić information content (AvgIpc) is 3.08. The molecular formula is C20H21N7. The molecule has 4 aromatic heterocycles. The first-order chi connectivity index (χ1) is 13.0. The fraction of sp³-hybridized carbons (Fsp3) is 0.250. The zero-order chi connectivity index (χ0) is 19.0. The molecule has 0 spiro atoms. The van der Waals surface area contributed by atoms with Gasteiger partial charge in [0.25, 0.3) is 0 Å². The maximum atomic E-state index is 4.71. The number of nitrogens with zero attached hydrogens (tertiary/aromatic N) is 6. The fourth-order valence-electron chi connectivity index (χ4n) is 2.96. The van der Waals surface area contributed by atoms with E-state index < -0.39 is 0 Å². The Morgan fingerprint density at radius 2 is 1.85 bits per heavy atom. The fourth-order valence-corrected chi connectivity index (χ4v) is 2.96. The van der Waals surface area contributed by atoms with Crippen molar-refractivity contribution >= 4 is 22.7 Å². The lowest BCUT2D eigenvalue weighted by molar-refractivity contribution is 0.768. The van der Waals surface area contributed by atoms with Crippen LogP contribution in [0.25, 0.3) is 22.2 Å². The van der Waals surface area contributed by atoms with Gasteiger partial charge in [0.15, 0.2) is 5.82 Å². The zero-order valence-electron chi connectivity index (χ0n) is 15.8. The number of anilines is 2. The highest BCUT2D eigenvalue weighted by Gasteiger charge is 2.10. The molecule has 0 unspecified atom stereocenters. The number of rotatable bonds is 4. The Bertz CT molecular complexity index is 1110. The summed E-state index contributed by atoms with van der Waals surface area (Å²) in [7, 11) is 1.90. The van der Waals surface area contributed by atoms with E-state index in [-0.39, 0.29) is 0 Å². The van der Waals surface area contributed by atoms with E-state index in [4.69, 9.17) is 9.97 Å². The smallest absolute Gasteiger partial charge is 0.154 e. The Balaban J connectivity index is 1.71. The van der Waals surface area contributed by atoms with E-state index in [0.29, 0.717) is 17.6 Å². The Kier molecular flexibility index (Phi) is 4.27. The summed E-state index contributed by atoms with van der Waals surface area (Å²) in [5.41, 5.74) is 5.81. The van der Waals surface area contributed by atoms with E-state index in [1.165, 1.54) is 0 Å². The van der Waals surface area contributed by atoms with Crippen LogP contribution in [0.1, 0.15) is 31.0 Å². The molecule has 27 heavy (non-hydrogen) atoms. The predicted molar refractivity (Wildman–Crippen MR) is 106 cm³/mol. The monoisotopic (exact) mass is 359 g/mol. The molecule has 0 aliphatic heterocycles. The van der Waals surface area contributed by atoms with Gasteiger partial charge < -0.3 is 5.32 Å². The second-order valence-electron chi connectivity index (χ2n) is 6.91. The molecule has 0 fully saturated rings. The summed E-state index contributed by atoms with van der Waals surface area (Å²) in [4.78, 5) is 9.40. The third kappa shape index (κ3) is 3.48. The van der Waals surface area contributed by atoms with Crippen LogP contribution in [0.3, 0.4) is 0 Å². The van der Waals surface area contributed by atoms with E-state index in [1.54, 1.807) is 10.9 Å². The topological polar surface area (TPSA) is 81.4 Å². The number of hydrogen-bond donors (Lipinski definition) is 1. The minimum absolute atomic E-state index is 0.389. The van der Waals surface area contributed by atoms with Gasteiger partial charge in [-0.05, 0) is 42.7 Å². The summed E-state index contributed by atoms with van der Waals surface area (Å²) < 4.78 is 1.78. The van der Waals surface area contributed by atoms with Gasteiger partial charge >= 0.3 is 0 Å². The molecule has 7 nitrogen and oxygen atoms in total. The second kappa shape index (κ2) is 6.75. The third-order valence-corrected chi connectivity index (χ3v) is 4.48. The van der Waals surface area contributed by atoms with E-state index in [0.717, 1.165) is 33.4 Å². The second-order valence-corrected chi connectivity index (χ2v) is 6.91. The average molecular weight is 359 g/mol. The van der Waals surface area contributed by atoms with Gasteiger partial charge in [0, 0.05) is 30.1 Å². The Morgan fingerprint density at radius 3 is 2.59 bits per heavy atom. The van der Waals surface area contributed by atoms with Crippen molar-refractivity contribution in [3.8, 4) is 11.1 Å². The molecule has 0 saturated heterocycles. The van der Waals surface area contributed by atoms with Crippen molar-refractivity contribution < 1.29 is 0 Å². The molecule has 0 aliphatic carbocycles. The Labute approximate surface area is 157 Å². The molecule has 0 atom stereocenters. The number of aryl methyl sites for hydroxylation is 2. The molecule has 4 heterocycles. The van der Waals surface area contributed by atoms with Gasteiger partial charge in [-0.25, -0.2) is 4.98 Å². The highest BCUT2D eigenvalue weighted by Crippen LogP contribution is 2.26. The van der Waals surface area contributed by atoms with Gasteiger partial charge in [0.1, 0.15) is 5.82 Å². The van der Waals surface area contributed by atoms with Gasteiger partial charge in [0.05, 0.1) is 23.4 Å². The normalized spacial score (nSPS) is 11.3. The van der Waals surface area contributed by atoms with Crippen LogP contribution in [0.4, 0.5) is 11.6 Å². The third-order valence-electron chi connectivity index (χ3n) is 4.48. The summed E-state index contributed by atoms with van der Waals surface area (Å²) in [6.07, 6.45) is 5.60. The van der Waals surface area contributed by atoms with Crippen molar-refractivity contribution in [2.75, 3.05) is 5.32 Å². The molecule has 136 valence electrons. The molecule has 0 saturated carbocycles. The maximum absolute atomic E-state index is 4.71. The Hall–Kier alpha value is -3.35. The van der Waals surface area contributed by atoms with Gasteiger partial charge in [-0.3, -0.25) is 9.67 Å². The predicted octanol–water partition coefficient (Wildman–Crippen LogP) is 4.00. The lowest BCUT2D eigenvalue weighted by Gasteiger charge is -2.10. The van der Waals surface area contributed by atoms with Crippen LogP contribution in [-0.2, 0) is 7.05 Å². The molecular weight excluding hydrogens is 338 g/mol. The largest absolute Gasteiger partial charge is 0.323 e. The maximum Gasteiger partial charge on any atom is 0.154 e. The van der Waals surface area contributed by atoms with Crippen molar-refractivity contribution in [2.45, 2.75) is 26.7 Å². The quantitative estimate of drug-likeness (QED) is 0.593. The zero-order valence-corrected chi connectivity index (χ0v) is 15.8. The summed E-state index contributed by atoms with van der Waals surface area (Å²) in [5, 5.41) is 15.7. The lowest BCUT2D eigenvalue weighted by atomic mass is 10.1. The van der Waals surface area contributed by atoms with E-state index in [1.807, 2.05) is 44.6 Å². The summed E-state index contributed by atoms with van der Waals surface area (Å²) >= 11 is 0. The minimum atomic E-state index is 0.389. The molecule has 1 N–H and O–H groups in total. The first-order valence-electron chi connectivity index (χ1n) is 8.86. The number of fused-ring (bicyclic) bond motifs is 1. The molecule has 4 aromatic rings. The highest BCUT2D eigenvalue weighted by atomic mass is 15.2.